The first-order valence-electron chi connectivity index (χ1n) is 19.2. The third-order valence-electron chi connectivity index (χ3n) is 10.1. The second kappa shape index (κ2) is 18.2. The molecule has 1 aliphatic carbocycles. The van der Waals surface area contributed by atoms with Gasteiger partial charge >= 0.3 is 23.3 Å². The van der Waals surface area contributed by atoms with Gasteiger partial charge in [-0.1, -0.05) is 41.5 Å². The molecule has 0 spiro atoms. The second-order valence-electron chi connectivity index (χ2n) is 14.6. The number of nitrogens with zero attached hydrogens (tertiary/aromatic N) is 5. The molecule has 310 valence electrons. The molecule has 2 N–H and O–H groups in total. The van der Waals surface area contributed by atoms with Crippen LogP contribution in [0.15, 0.2) is 99.0 Å². The molecule has 2 fully saturated rings. The molecule has 5 heterocycles. The van der Waals surface area contributed by atoms with Crippen LogP contribution in [0.3, 0.4) is 0 Å². The number of halogens is 2. The van der Waals surface area contributed by atoms with Crippen molar-refractivity contribution in [2.24, 2.45) is 16.2 Å². The molecule has 1 saturated heterocycles. The predicted molar refractivity (Wildman–Crippen MR) is 215 cm³/mol. The summed E-state index contributed by atoms with van der Waals surface area (Å²) < 4.78 is 37.1. The van der Waals surface area contributed by atoms with Gasteiger partial charge in [-0.15, -0.1) is 0 Å². The van der Waals surface area contributed by atoms with Crippen LogP contribution in [0.2, 0.25) is 0 Å². The Balaban J connectivity index is 0.000000182. The summed E-state index contributed by atoms with van der Waals surface area (Å²) in [6.07, 6.45) is 5.20. The van der Waals surface area contributed by atoms with Gasteiger partial charge in [0.1, 0.15) is 22.4 Å². The van der Waals surface area contributed by atoms with E-state index in [0.717, 1.165) is 37.1 Å². The third kappa shape index (κ3) is 10.3. The van der Waals surface area contributed by atoms with E-state index >= 15 is 0 Å². The van der Waals surface area contributed by atoms with Crippen molar-refractivity contribution in [3.05, 3.63) is 136 Å². The number of likely N-dealkylation sites (tertiary alicyclic amines) is 1. The molecule has 18 heteroatoms. The fraction of sp³-hybridized carbons (Fsp3) is 0.310. The number of aromatic amines is 2. The molecule has 60 heavy (non-hydrogen) atoms. The molecule has 1 amide bonds. The molecule has 0 bridgehead atoms. The monoisotopic (exact) mass is 823 g/mol. The van der Waals surface area contributed by atoms with Crippen molar-refractivity contribution in [3.63, 3.8) is 0 Å². The van der Waals surface area contributed by atoms with Crippen molar-refractivity contribution >= 4 is 39.5 Å². The number of rotatable bonds is 8. The van der Waals surface area contributed by atoms with Gasteiger partial charge in [0, 0.05) is 45.0 Å². The molecule has 0 radical (unpaired) electrons. The average molecular weight is 824 g/mol. The summed E-state index contributed by atoms with van der Waals surface area (Å²) in [4.78, 5) is 86.0. The van der Waals surface area contributed by atoms with Gasteiger partial charge in [-0.2, -0.15) is 9.97 Å². The smallest absolute Gasteiger partial charge is 0.337 e. The van der Waals surface area contributed by atoms with Gasteiger partial charge in [0.05, 0.1) is 11.4 Å². The fourth-order valence-corrected chi connectivity index (χ4v) is 6.93. The number of carbonyl (C=O) groups is 1. The lowest BCUT2D eigenvalue weighted by Crippen LogP contribution is -2.37. The zero-order chi connectivity index (χ0) is 42.3. The quantitative estimate of drug-likeness (QED) is 0.182. The largest absolute Gasteiger partial charge is 0.403 e. The van der Waals surface area contributed by atoms with E-state index in [1.165, 1.54) is 43.3 Å². The summed E-state index contributed by atoms with van der Waals surface area (Å²) in [6, 6.07) is 13.9. The second-order valence-corrected chi connectivity index (χ2v) is 14.6. The first-order valence-corrected chi connectivity index (χ1v) is 19.2. The Morgan fingerprint density at radius 1 is 0.733 bits per heavy atom. The molecule has 16 nitrogen and oxygen atoms in total. The van der Waals surface area contributed by atoms with Gasteiger partial charge in [-0.25, -0.2) is 18.4 Å². The number of hydrogen-bond donors (Lipinski definition) is 2. The summed E-state index contributed by atoms with van der Waals surface area (Å²) in [7, 11) is 0. The first kappa shape index (κ1) is 41.1. The van der Waals surface area contributed by atoms with Crippen molar-refractivity contribution in [1.29, 1.82) is 0 Å². The molecular formula is C42H39F2N7O9. The normalized spacial score (nSPS) is 15.3. The maximum atomic E-state index is 13.5. The lowest BCUT2D eigenvalue weighted by atomic mass is 9.90. The Labute approximate surface area is 338 Å². The minimum atomic E-state index is -0.689. The molecule has 1 saturated carbocycles. The van der Waals surface area contributed by atoms with E-state index < -0.39 is 34.0 Å². The van der Waals surface area contributed by atoms with Crippen molar-refractivity contribution < 1.29 is 32.1 Å². The average Bonchev–Trinajstić information content (AvgIpc) is 3.19. The molecule has 2 aromatic carbocycles. The molecular weight excluding hydrogens is 784 g/mol. The number of aromatic nitrogens is 4. The Kier molecular flexibility index (Phi) is 12.5. The van der Waals surface area contributed by atoms with E-state index in [1.807, 2.05) is 0 Å². The van der Waals surface area contributed by atoms with Gasteiger partial charge in [0.2, 0.25) is 17.3 Å². The minimum absolute atomic E-state index is 0.00423. The highest BCUT2D eigenvalue weighted by atomic mass is 19.1. The predicted octanol–water partition coefficient (Wildman–Crippen LogP) is 5.53. The Morgan fingerprint density at radius 3 is 1.62 bits per heavy atom. The van der Waals surface area contributed by atoms with Gasteiger partial charge in [0.15, 0.2) is 0 Å². The standard InChI is InChI=1S/C21H19FN4O5.C21H20FN3O4/c1-12(27)26-7-5-16(6-8-26)25-31-21-23-19(29)18-14(11-17(28)30-20(18)24-21)9-13-3-2-4-15(22)10-13;1-12-5-7-16(8-6-12)25-29-21-23-19(27)18-14(11-17(26)28-20(18)24-21)9-13-3-2-4-15(22)10-13/h2-4,10-11H,5-9H2,1H3,(H,23,24,29);2-4,10-12H,5-9H2,1H3,(H,23,24,27). The molecule has 4 aromatic heterocycles. The van der Waals surface area contributed by atoms with E-state index in [-0.39, 0.29) is 53.0 Å². The molecule has 0 unspecified atom stereocenters. The molecule has 0 atom stereocenters. The van der Waals surface area contributed by atoms with Crippen LogP contribution in [0, 0.1) is 17.6 Å². The number of carbonyl (C=O) groups excluding carboxylic acids is 1. The van der Waals surface area contributed by atoms with Crippen LogP contribution in [0.1, 0.15) is 74.6 Å². The number of nitrogens with one attached hydrogen (secondary N) is 2. The van der Waals surface area contributed by atoms with Crippen LogP contribution in [0.25, 0.3) is 22.2 Å². The van der Waals surface area contributed by atoms with E-state index in [1.54, 1.807) is 29.2 Å². The number of H-pyrrole nitrogens is 2. The highest BCUT2D eigenvalue weighted by Gasteiger charge is 2.20. The van der Waals surface area contributed by atoms with Crippen LogP contribution in [0.5, 0.6) is 12.0 Å². The Bertz CT molecular complexity index is 2860. The first-order chi connectivity index (χ1) is 28.9. The molecule has 1 aliphatic heterocycles. The number of oxime groups is 2. The van der Waals surface area contributed by atoms with Gasteiger partial charge in [0.25, 0.3) is 11.1 Å². The van der Waals surface area contributed by atoms with Crippen LogP contribution >= 0.6 is 0 Å². The van der Waals surface area contributed by atoms with Crippen LogP contribution in [0.4, 0.5) is 8.78 Å². The van der Waals surface area contributed by atoms with Crippen molar-refractivity contribution in [2.45, 2.75) is 65.2 Å². The summed E-state index contributed by atoms with van der Waals surface area (Å²) in [5.41, 5.74) is 0.850. The number of hydrogen-bond acceptors (Lipinski definition) is 13. The fourth-order valence-electron chi connectivity index (χ4n) is 6.93. The van der Waals surface area contributed by atoms with Crippen molar-refractivity contribution in [3.8, 4) is 12.0 Å². The summed E-state index contributed by atoms with van der Waals surface area (Å²) in [5.74, 6) is -0.141. The lowest BCUT2D eigenvalue weighted by molar-refractivity contribution is -0.128. The molecule has 8 rings (SSSR count). The maximum Gasteiger partial charge on any atom is 0.337 e. The number of benzene rings is 2. The van der Waals surface area contributed by atoms with Crippen LogP contribution < -0.4 is 32.0 Å². The highest BCUT2D eigenvalue weighted by Crippen LogP contribution is 2.23. The topological polar surface area (TPSA) is 215 Å². The molecule has 2 aliphatic rings. The summed E-state index contributed by atoms with van der Waals surface area (Å²) >= 11 is 0. The van der Waals surface area contributed by atoms with Crippen LogP contribution in [-0.2, 0) is 17.6 Å². The van der Waals surface area contributed by atoms with Gasteiger partial charge < -0.3 is 23.4 Å². The Hall–Kier alpha value is -7.11. The maximum absolute atomic E-state index is 13.5. The highest BCUT2D eigenvalue weighted by molar-refractivity contribution is 5.87. The Morgan fingerprint density at radius 2 is 1.18 bits per heavy atom. The van der Waals surface area contributed by atoms with Crippen LogP contribution in [-0.4, -0.2) is 55.3 Å². The summed E-state index contributed by atoms with van der Waals surface area (Å²) in [6.45, 7) is 4.79. The summed E-state index contributed by atoms with van der Waals surface area (Å²) in [5, 5.41) is 8.29. The van der Waals surface area contributed by atoms with Gasteiger partial charge in [-0.05, 0) is 91.0 Å². The SMILES string of the molecule is CC(=O)N1CCC(=NOc2nc3oc(=O)cc(Cc4cccc(F)c4)c3c(=O)[nH]2)CC1.CC1CCC(=NOc2nc3oc(=O)cc(Cc4cccc(F)c4)c3c(=O)[nH]2)CC1. The lowest BCUT2D eigenvalue weighted by Gasteiger charge is -2.25. The number of amides is 1. The van der Waals surface area contributed by atoms with Crippen molar-refractivity contribution in [2.75, 3.05) is 13.1 Å². The van der Waals surface area contributed by atoms with E-state index in [4.69, 9.17) is 18.5 Å². The van der Waals surface area contributed by atoms with Crippen molar-refractivity contribution in [1.82, 2.24) is 24.8 Å². The minimum Gasteiger partial charge on any atom is -0.403 e. The van der Waals surface area contributed by atoms with E-state index in [0.29, 0.717) is 54.1 Å². The third-order valence-corrected chi connectivity index (χ3v) is 10.1. The number of piperidine rings is 1. The van der Waals surface area contributed by atoms with Gasteiger partial charge in [-0.3, -0.25) is 24.4 Å². The number of fused-ring (bicyclic) bond motifs is 2. The zero-order valence-electron chi connectivity index (χ0n) is 32.6. The van der Waals surface area contributed by atoms with E-state index in [9.17, 15) is 32.8 Å². The van der Waals surface area contributed by atoms with E-state index in [2.05, 4.69) is 37.2 Å². The molecule has 6 aromatic rings. The zero-order valence-corrected chi connectivity index (χ0v) is 32.6.